The van der Waals surface area contributed by atoms with Gasteiger partial charge in [-0.15, -0.1) is 0 Å². The van der Waals surface area contributed by atoms with E-state index in [0.717, 1.165) is 0 Å². The Morgan fingerprint density at radius 3 is 2.68 bits per heavy atom. The van der Waals surface area contributed by atoms with Crippen LogP contribution < -0.4 is 15.3 Å². The molecule has 1 aromatic carbocycles. The highest BCUT2D eigenvalue weighted by Gasteiger charge is 2.56. The number of carbonyl (C=O) groups is 1. The lowest BCUT2D eigenvalue weighted by Gasteiger charge is -2.29. The quantitative estimate of drug-likeness (QED) is 0.217. The fraction of sp³-hybridized carbons (Fsp3) is 0.440. The van der Waals surface area contributed by atoms with Gasteiger partial charge in [-0.05, 0) is 52.0 Å². The lowest BCUT2D eigenvalue weighted by Crippen LogP contribution is -2.46. The number of para-hydroxylation sites is 1. The Kier molecular flexibility index (Phi) is 8.12. The standard InChI is InChI=1S/C25H33N4O8P/c1-5-34-23(31)15(2)28-38(33,37-17-9-7-6-8-10-17)36-16(3)20-21(30)25(4,32)24(35-20)29-14-12-18-19(26)11-13-27-22(18)29/h6-16,20-21,24,30,32H,5H2,1-4H3,(H2,26,27)(H,28,33)/t15-,16+,20+,21+,24+,25+,38?/m0/s1. The van der Waals surface area contributed by atoms with Gasteiger partial charge in [-0.1, -0.05) is 18.2 Å². The van der Waals surface area contributed by atoms with Crippen molar-refractivity contribution in [2.45, 2.75) is 63.9 Å². The molecule has 2 aromatic heterocycles. The number of carbonyl (C=O) groups excluding carboxylic acids is 1. The molecule has 1 saturated heterocycles. The van der Waals surface area contributed by atoms with Crippen molar-refractivity contribution >= 4 is 30.4 Å². The summed E-state index contributed by atoms with van der Waals surface area (Å²) in [6.07, 6.45) is -1.54. The number of benzene rings is 1. The Morgan fingerprint density at radius 1 is 1.29 bits per heavy atom. The van der Waals surface area contributed by atoms with E-state index in [0.29, 0.717) is 16.7 Å². The number of nitrogen functional groups attached to an aromatic ring is 1. The first-order valence-corrected chi connectivity index (χ1v) is 13.8. The van der Waals surface area contributed by atoms with Crippen LogP contribution >= 0.6 is 7.75 Å². The summed E-state index contributed by atoms with van der Waals surface area (Å²) in [7, 11) is -4.24. The molecule has 7 atom stereocenters. The predicted molar refractivity (Wildman–Crippen MR) is 139 cm³/mol. The second-order valence-electron chi connectivity index (χ2n) is 9.30. The second-order valence-corrected chi connectivity index (χ2v) is 10.9. The van der Waals surface area contributed by atoms with E-state index in [1.165, 1.54) is 27.0 Å². The zero-order valence-electron chi connectivity index (χ0n) is 21.6. The number of aromatic nitrogens is 2. The van der Waals surface area contributed by atoms with Crippen LogP contribution in [-0.2, 0) is 23.4 Å². The summed E-state index contributed by atoms with van der Waals surface area (Å²) in [6.45, 7) is 6.20. The molecule has 0 radical (unpaired) electrons. The second kappa shape index (κ2) is 11.0. The number of aliphatic hydroxyl groups is 2. The number of fused-ring (bicyclic) bond motifs is 1. The summed E-state index contributed by atoms with van der Waals surface area (Å²) in [5, 5.41) is 25.6. The lowest BCUT2D eigenvalue weighted by atomic mass is 9.94. The van der Waals surface area contributed by atoms with E-state index in [9.17, 15) is 19.6 Å². The Bertz CT molecular complexity index is 1320. The number of rotatable bonds is 10. The predicted octanol–water partition coefficient (Wildman–Crippen LogP) is 2.76. The van der Waals surface area contributed by atoms with E-state index in [4.69, 9.17) is 24.3 Å². The van der Waals surface area contributed by atoms with Crippen molar-refractivity contribution in [3.63, 3.8) is 0 Å². The first-order chi connectivity index (χ1) is 18.0. The molecule has 0 amide bonds. The van der Waals surface area contributed by atoms with Gasteiger partial charge < -0.3 is 34.5 Å². The van der Waals surface area contributed by atoms with Crippen LogP contribution in [0.4, 0.5) is 5.69 Å². The van der Waals surface area contributed by atoms with Gasteiger partial charge in [0.15, 0.2) is 6.23 Å². The zero-order valence-corrected chi connectivity index (χ0v) is 22.4. The Hall–Kier alpha value is -2.99. The van der Waals surface area contributed by atoms with E-state index in [1.807, 2.05) is 0 Å². The number of hydrogen-bond acceptors (Lipinski definition) is 10. The molecule has 13 heteroatoms. The molecule has 1 aliphatic heterocycles. The highest BCUT2D eigenvalue weighted by atomic mass is 31.2. The highest BCUT2D eigenvalue weighted by molar-refractivity contribution is 7.52. The average molecular weight is 549 g/mol. The van der Waals surface area contributed by atoms with Crippen LogP contribution in [-0.4, -0.2) is 62.3 Å². The molecular formula is C25H33N4O8P. The maximum atomic E-state index is 13.9. The molecule has 3 heterocycles. The maximum Gasteiger partial charge on any atom is 0.459 e. The minimum atomic E-state index is -4.24. The number of hydrogen-bond donors (Lipinski definition) is 4. The average Bonchev–Trinajstić information content (AvgIpc) is 3.38. The third kappa shape index (κ3) is 5.56. The number of nitrogens with two attached hydrogens (primary N) is 1. The van der Waals surface area contributed by atoms with E-state index >= 15 is 0 Å². The number of ether oxygens (including phenoxy) is 2. The third-order valence-electron chi connectivity index (χ3n) is 6.33. The SMILES string of the molecule is CCOC(=O)[C@H](C)NP(=O)(Oc1ccccc1)O[C@H](C)[C@H]1O[C@@H](n2ccc3c(N)ccnc32)[C@](C)(O)[C@@H]1O. The van der Waals surface area contributed by atoms with E-state index < -0.39 is 49.9 Å². The first kappa shape index (κ1) is 28.0. The topological polar surface area (TPSA) is 167 Å². The van der Waals surface area contributed by atoms with Gasteiger partial charge in [-0.3, -0.25) is 9.32 Å². The minimum absolute atomic E-state index is 0.138. The summed E-state index contributed by atoms with van der Waals surface area (Å²) in [5.74, 6) is -0.418. The Labute approximate surface area is 220 Å². The number of aliphatic hydroxyl groups excluding tert-OH is 1. The minimum Gasteiger partial charge on any atom is -0.465 e. The van der Waals surface area contributed by atoms with Crippen molar-refractivity contribution in [1.82, 2.24) is 14.6 Å². The number of esters is 1. The fourth-order valence-electron chi connectivity index (χ4n) is 4.36. The van der Waals surface area contributed by atoms with Crippen LogP contribution in [0.25, 0.3) is 11.0 Å². The number of nitrogens with one attached hydrogen (secondary N) is 1. The monoisotopic (exact) mass is 548 g/mol. The van der Waals surface area contributed by atoms with Gasteiger partial charge in [0.25, 0.3) is 0 Å². The van der Waals surface area contributed by atoms with Crippen LogP contribution in [0.2, 0.25) is 0 Å². The molecule has 38 heavy (non-hydrogen) atoms. The van der Waals surface area contributed by atoms with Gasteiger partial charge in [0.1, 0.15) is 35.2 Å². The summed E-state index contributed by atoms with van der Waals surface area (Å²) >= 11 is 0. The van der Waals surface area contributed by atoms with E-state index in [-0.39, 0.29) is 12.4 Å². The van der Waals surface area contributed by atoms with Gasteiger partial charge in [-0.2, -0.15) is 5.09 Å². The Morgan fingerprint density at radius 2 is 2.00 bits per heavy atom. The first-order valence-electron chi connectivity index (χ1n) is 12.2. The van der Waals surface area contributed by atoms with Gasteiger partial charge >= 0.3 is 13.7 Å². The molecule has 206 valence electrons. The highest BCUT2D eigenvalue weighted by Crippen LogP contribution is 2.49. The van der Waals surface area contributed by atoms with Crippen molar-refractivity contribution in [2.75, 3.05) is 12.3 Å². The van der Waals surface area contributed by atoms with E-state index in [1.54, 1.807) is 60.2 Å². The van der Waals surface area contributed by atoms with Crippen LogP contribution in [0.5, 0.6) is 5.75 Å². The van der Waals surface area contributed by atoms with Crippen molar-refractivity contribution < 1.29 is 38.1 Å². The van der Waals surface area contributed by atoms with Crippen molar-refractivity contribution in [3.8, 4) is 5.75 Å². The van der Waals surface area contributed by atoms with Crippen LogP contribution in [0.15, 0.2) is 54.9 Å². The third-order valence-corrected chi connectivity index (χ3v) is 8.09. The molecule has 0 saturated carbocycles. The van der Waals surface area contributed by atoms with E-state index in [2.05, 4.69) is 10.1 Å². The molecule has 0 bridgehead atoms. The molecule has 5 N–H and O–H groups in total. The summed E-state index contributed by atoms with van der Waals surface area (Å²) < 4.78 is 38.0. The summed E-state index contributed by atoms with van der Waals surface area (Å²) in [5.41, 5.74) is 5.22. The van der Waals surface area contributed by atoms with Gasteiger partial charge in [0, 0.05) is 23.5 Å². The molecular weight excluding hydrogens is 515 g/mol. The molecule has 1 fully saturated rings. The van der Waals surface area contributed by atoms with Gasteiger partial charge in [-0.25, -0.2) is 9.55 Å². The van der Waals surface area contributed by atoms with Crippen molar-refractivity contribution in [1.29, 1.82) is 0 Å². The van der Waals surface area contributed by atoms with Crippen LogP contribution in [0, 0.1) is 0 Å². The van der Waals surface area contributed by atoms with Crippen molar-refractivity contribution in [3.05, 3.63) is 54.9 Å². The van der Waals surface area contributed by atoms with Gasteiger partial charge in [0.2, 0.25) is 0 Å². The molecule has 0 aliphatic carbocycles. The molecule has 0 spiro atoms. The number of pyridine rings is 1. The number of nitrogens with zero attached hydrogens (tertiary/aromatic N) is 2. The van der Waals surface area contributed by atoms with Gasteiger partial charge in [0.05, 0.1) is 12.7 Å². The molecule has 4 rings (SSSR count). The summed E-state index contributed by atoms with van der Waals surface area (Å²) in [4.78, 5) is 16.6. The summed E-state index contributed by atoms with van der Waals surface area (Å²) in [6, 6.07) is 10.6. The largest absolute Gasteiger partial charge is 0.465 e. The van der Waals surface area contributed by atoms with Crippen molar-refractivity contribution in [2.24, 2.45) is 0 Å². The molecule has 3 aromatic rings. The molecule has 1 unspecified atom stereocenters. The van der Waals surface area contributed by atoms with Crippen LogP contribution in [0.1, 0.15) is 33.9 Å². The normalized spacial score (nSPS) is 26.5. The molecule has 12 nitrogen and oxygen atoms in total. The van der Waals surface area contributed by atoms with Crippen LogP contribution in [0.3, 0.4) is 0 Å². The fourth-order valence-corrected chi connectivity index (χ4v) is 6.05. The Balaban J connectivity index is 1.59. The molecule has 1 aliphatic rings. The number of anilines is 1. The lowest BCUT2D eigenvalue weighted by molar-refractivity contribution is -0.144. The maximum absolute atomic E-state index is 13.9. The smallest absolute Gasteiger partial charge is 0.459 e. The zero-order chi connectivity index (χ0) is 27.7.